The predicted molar refractivity (Wildman–Crippen MR) is 54.5 cm³/mol. The van der Waals surface area contributed by atoms with Crippen LogP contribution in [0.1, 0.15) is 0 Å². The molecule has 5 nitrogen and oxygen atoms in total. The number of aromatic nitrogens is 2. The van der Waals surface area contributed by atoms with Gasteiger partial charge in [-0.2, -0.15) is 5.10 Å². The monoisotopic (exact) mass is 191 g/mol. The summed E-state index contributed by atoms with van der Waals surface area (Å²) in [7, 11) is 0. The van der Waals surface area contributed by atoms with Crippen molar-refractivity contribution in [3.63, 3.8) is 0 Å². The molecule has 0 spiro atoms. The lowest BCUT2D eigenvalue weighted by molar-refractivity contribution is 0.480. The minimum absolute atomic E-state index is 0.556. The van der Waals surface area contributed by atoms with Crippen LogP contribution >= 0.6 is 0 Å². The van der Waals surface area contributed by atoms with E-state index in [0.29, 0.717) is 6.04 Å². The maximum Gasteiger partial charge on any atom is 0.172 e. The average Bonchev–Trinajstić information content (AvgIpc) is 2.29. The molecule has 1 saturated heterocycles. The summed E-state index contributed by atoms with van der Waals surface area (Å²) in [6, 6.07) is 2.59. The number of hydrogen-bond donors (Lipinski definition) is 2. The Bertz CT molecular complexity index is 340. The quantitative estimate of drug-likeness (QED) is 0.588. The van der Waals surface area contributed by atoms with Crippen LogP contribution in [-0.2, 0) is 0 Å². The molecule has 2 aliphatic rings. The molecule has 1 fully saturated rings. The average molecular weight is 191 g/mol. The molecule has 1 aromatic rings. The molecule has 1 unspecified atom stereocenters. The lowest BCUT2D eigenvalue weighted by Crippen LogP contribution is -2.56. The molecule has 0 bridgehead atoms. The van der Waals surface area contributed by atoms with Crippen LogP contribution in [0.5, 0.6) is 0 Å². The summed E-state index contributed by atoms with van der Waals surface area (Å²) in [4.78, 5) is 2.41. The summed E-state index contributed by atoms with van der Waals surface area (Å²) < 4.78 is 0. The number of fused-ring (bicyclic) bond motifs is 3. The topological polar surface area (TPSA) is 53.1 Å². The Morgan fingerprint density at radius 1 is 1.43 bits per heavy atom. The highest BCUT2D eigenvalue weighted by Crippen LogP contribution is 2.28. The summed E-state index contributed by atoms with van der Waals surface area (Å²) in [6.45, 7) is 4.12. The number of nitrogens with zero attached hydrogens (tertiary/aromatic N) is 3. The molecule has 14 heavy (non-hydrogen) atoms. The van der Waals surface area contributed by atoms with Gasteiger partial charge in [0.05, 0.1) is 17.9 Å². The third-order valence-corrected chi connectivity index (χ3v) is 2.86. The minimum atomic E-state index is 0.556. The van der Waals surface area contributed by atoms with E-state index in [4.69, 9.17) is 0 Å². The van der Waals surface area contributed by atoms with E-state index < -0.39 is 0 Å². The van der Waals surface area contributed by atoms with Crippen LogP contribution in [0.25, 0.3) is 0 Å². The summed E-state index contributed by atoms with van der Waals surface area (Å²) >= 11 is 0. The van der Waals surface area contributed by atoms with Crippen molar-refractivity contribution in [1.82, 2.24) is 15.5 Å². The first kappa shape index (κ1) is 7.99. The molecule has 0 radical (unpaired) electrons. The van der Waals surface area contributed by atoms with Gasteiger partial charge in [0, 0.05) is 26.2 Å². The van der Waals surface area contributed by atoms with Crippen molar-refractivity contribution in [2.45, 2.75) is 6.04 Å². The fraction of sp³-hybridized carbons (Fsp3) is 0.556. The van der Waals surface area contributed by atoms with Gasteiger partial charge in [0.15, 0.2) is 5.82 Å². The van der Waals surface area contributed by atoms with Gasteiger partial charge in [-0.1, -0.05) is 0 Å². The van der Waals surface area contributed by atoms with E-state index in [1.54, 1.807) is 6.20 Å². The standard InChI is InChI=1S/C9H13N5/c1-2-12-13-9-8(1)14-4-3-10-5-7(14)6-11-9/h1-2,7,10H,3-6H2,(H,11,13). The molecular weight excluding hydrogens is 178 g/mol. The lowest BCUT2D eigenvalue weighted by Gasteiger charge is -2.41. The zero-order chi connectivity index (χ0) is 9.38. The Balaban J connectivity index is 1.99. The van der Waals surface area contributed by atoms with E-state index in [1.165, 1.54) is 5.69 Å². The van der Waals surface area contributed by atoms with E-state index in [0.717, 1.165) is 32.0 Å². The zero-order valence-corrected chi connectivity index (χ0v) is 7.90. The van der Waals surface area contributed by atoms with Crippen LogP contribution < -0.4 is 15.5 Å². The van der Waals surface area contributed by atoms with Gasteiger partial charge in [0.1, 0.15) is 0 Å². The van der Waals surface area contributed by atoms with Crippen LogP contribution in [0.15, 0.2) is 12.3 Å². The zero-order valence-electron chi connectivity index (χ0n) is 7.90. The molecule has 5 heteroatoms. The molecule has 0 aromatic carbocycles. The van der Waals surface area contributed by atoms with Crippen molar-refractivity contribution in [3.05, 3.63) is 12.3 Å². The van der Waals surface area contributed by atoms with Gasteiger partial charge < -0.3 is 15.5 Å². The maximum absolute atomic E-state index is 4.09. The van der Waals surface area contributed by atoms with Crippen molar-refractivity contribution < 1.29 is 0 Å². The Kier molecular flexibility index (Phi) is 1.77. The third kappa shape index (κ3) is 1.13. The van der Waals surface area contributed by atoms with Crippen LogP contribution in [0.2, 0.25) is 0 Å². The Labute approximate surface area is 82.5 Å². The van der Waals surface area contributed by atoms with Crippen molar-refractivity contribution in [1.29, 1.82) is 0 Å². The Hall–Kier alpha value is -1.36. The number of piperazine rings is 1. The summed E-state index contributed by atoms with van der Waals surface area (Å²) in [5, 5.41) is 14.7. The molecule has 2 N–H and O–H groups in total. The molecule has 0 saturated carbocycles. The van der Waals surface area contributed by atoms with Gasteiger partial charge in [-0.25, -0.2) is 0 Å². The number of anilines is 2. The predicted octanol–water partition coefficient (Wildman–Crippen LogP) is -0.320. The second-order valence-corrected chi connectivity index (χ2v) is 3.70. The fourth-order valence-corrected chi connectivity index (χ4v) is 2.16. The summed E-state index contributed by atoms with van der Waals surface area (Å²) in [5.74, 6) is 0.922. The molecule has 1 aromatic heterocycles. The first-order chi connectivity index (χ1) is 6.95. The van der Waals surface area contributed by atoms with E-state index in [2.05, 4.69) is 25.7 Å². The molecule has 3 rings (SSSR count). The van der Waals surface area contributed by atoms with Crippen LogP contribution in [0.4, 0.5) is 11.5 Å². The first-order valence-corrected chi connectivity index (χ1v) is 4.98. The van der Waals surface area contributed by atoms with Gasteiger partial charge >= 0.3 is 0 Å². The molecule has 1 atom stereocenters. The summed E-state index contributed by atoms with van der Waals surface area (Å²) in [6.07, 6.45) is 1.75. The highest BCUT2D eigenvalue weighted by molar-refractivity contribution is 5.68. The minimum Gasteiger partial charge on any atom is -0.365 e. The number of rotatable bonds is 0. The van der Waals surface area contributed by atoms with Crippen LogP contribution in [0, 0.1) is 0 Å². The largest absolute Gasteiger partial charge is 0.365 e. The second-order valence-electron chi connectivity index (χ2n) is 3.70. The molecule has 74 valence electrons. The van der Waals surface area contributed by atoms with Gasteiger partial charge in [-0.05, 0) is 6.07 Å². The van der Waals surface area contributed by atoms with Crippen molar-refractivity contribution in [2.75, 3.05) is 36.4 Å². The van der Waals surface area contributed by atoms with Crippen molar-refractivity contribution >= 4 is 11.5 Å². The smallest absolute Gasteiger partial charge is 0.172 e. The van der Waals surface area contributed by atoms with Gasteiger partial charge in [-0.3, -0.25) is 0 Å². The Morgan fingerprint density at radius 2 is 2.43 bits per heavy atom. The van der Waals surface area contributed by atoms with Gasteiger partial charge in [0.25, 0.3) is 0 Å². The van der Waals surface area contributed by atoms with E-state index in [1.807, 2.05) is 6.07 Å². The SMILES string of the molecule is c1cc2c(nn1)NCC1CNCCN21. The molecule has 0 amide bonds. The molecular formula is C9H13N5. The third-order valence-electron chi connectivity index (χ3n) is 2.86. The fourth-order valence-electron chi connectivity index (χ4n) is 2.16. The molecule has 3 heterocycles. The maximum atomic E-state index is 4.09. The van der Waals surface area contributed by atoms with E-state index in [9.17, 15) is 0 Å². The number of hydrogen-bond acceptors (Lipinski definition) is 5. The van der Waals surface area contributed by atoms with Crippen LogP contribution in [0.3, 0.4) is 0 Å². The van der Waals surface area contributed by atoms with E-state index >= 15 is 0 Å². The summed E-state index contributed by atoms with van der Waals surface area (Å²) in [5.41, 5.74) is 1.19. The normalized spacial score (nSPS) is 24.9. The lowest BCUT2D eigenvalue weighted by atomic mass is 10.1. The Morgan fingerprint density at radius 3 is 3.43 bits per heavy atom. The van der Waals surface area contributed by atoms with E-state index in [-0.39, 0.29) is 0 Å². The van der Waals surface area contributed by atoms with Gasteiger partial charge in [0.2, 0.25) is 0 Å². The molecule has 0 aliphatic carbocycles. The van der Waals surface area contributed by atoms with Crippen molar-refractivity contribution in [3.8, 4) is 0 Å². The van der Waals surface area contributed by atoms with Gasteiger partial charge in [-0.15, -0.1) is 5.10 Å². The highest BCUT2D eigenvalue weighted by Gasteiger charge is 2.28. The second kappa shape index (κ2) is 3.09. The molecule has 2 aliphatic heterocycles. The van der Waals surface area contributed by atoms with Crippen LogP contribution in [-0.4, -0.2) is 42.4 Å². The first-order valence-electron chi connectivity index (χ1n) is 4.98. The number of nitrogens with one attached hydrogen (secondary N) is 2. The van der Waals surface area contributed by atoms with Crippen molar-refractivity contribution in [2.24, 2.45) is 0 Å². The highest BCUT2D eigenvalue weighted by atomic mass is 15.3.